The molecule has 0 aliphatic heterocycles. The summed E-state index contributed by atoms with van der Waals surface area (Å²) in [6.07, 6.45) is 7.22. The van der Waals surface area contributed by atoms with Crippen molar-refractivity contribution < 1.29 is 9.53 Å². The molecule has 0 bridgehead atoms. The van der Waals surface area contributed by atoms with Gasteiger partial charge in [-0.15, -0.1) is 0 Å². The molecule has 7 heteroatoms. The van der Waals surface area contributed by atoms with Crippen LogP contribution in [0.25, 0.3) is 11.4 Å². The Morgan fingerprint density at radius 3 is 2.68 bits per heavy atom. The number of nitrogens with one attached hydrogen (secondary N) is 2. The van der Waals surface area contributed by atoms with Gasteiger partial charge in [0, 0.05) is 42.6 Å². The maximum atomic E-state index is 12.5. The lowest BCUT2D eigenvalue weighted by Gasteiger charge is -2.13. The summed E-state index contributed by atoms with van der Waals surface area (Å²) in [5, 5.41) is 5.74. The number of ether oxygens (including phenoxy) is 1. The van der Waals surface area contributed by atoms with Crippen LogP contribution in [0.2, 0.25) is 0 Å². The number of methoxy groups -OCH3 is 1. The minimum absolute atomic E-state index is 0.332. The van der Waals surface area contributed by atoms with Gasteiger partial charge in [0.05, 0.1) is 12.8 Å². The molecule has 0 atom stereocenters. The van der Waals surface area contributed by atoms with Crippen molar-refractivity contribution in [2.75, 3.05) is 17.7 Å². The summed E-state index contributed by atoms with van der Waals surface area (Å²) in [5.74, 6) is 1.48. The number of aryl methyl sites for hydroxylation is 1. The standard InChI is InChI=1S/C24H23N5O2/c1-17-6-7-22(31-2)21(14-17)28-24(30)27-20-5-3-4-18(15-20)16-29-13-12-26-23(29)19-8-10-25-11-9-19/h3-15H,16H2,1-2H3,(H2,27,28,30). The molecule has 0 spiro atoms. The summed E-state index contributed by atoms with van der Waals surface area (Å²) in [4.78, 5) is 21.1. The predicted octanol–water partition coefficient (Wildman–Crippen LogP) is 4.95. The summed E-state index contributed by atoms with van der Waals surface area (Å²) in [6.45, 7) is 2.59. The molecule has 2 aromatic carbocycles. The first kappa shape index (κ1) is 20.2. The topological polar surface area (TPSA) is 81.1 Å². The van der Waals surface area contributed by atoms with Crippen LogP contribution in [0.1, 0.15) is 11.1 Å². The highest BCUT2D eigenvalue weighted by Crippen LogP contribution is 2.25. The highest BCUT2D eigenvalue weighted by molar-refractivity contribution is 6.00. The van der Waals surface area contributed by atoms with Gasteiger partial charge in [0.25, 0.3) is 0 Å². The van der Waals surface area contributed by atoms with E-state index in [0.717, 1.165) is 22.5 Å². The molecule has 2 amide bonds. The van der Waals surface area contributed by atoms with Gasteiger partial charge < -0.3 is 19.9 Å². The fourth-order valence-corrected chi connectivity index (χ4v) is 3.35. The first-order valence-corrected chi connectivity index (χ1v) is 9.85. The van der Waals surface area contributed by atoms with E-state index in [4.69, 9.17) is 4.74 Å². The van der Waals surface area contributed by atoms with E-state index >= 15 is 0 Å². The Kier molecular flexibility index (Phi) is 5.93. The number of hydrogen-bond donors (Lipinski definition) is 2. The van der Waals surface area contributed by atoms with E-state index in [1.807, 2.05) is 67.7 Å². The fourth-order valence-electron chi connectivity index (χ4n) is 3.35. The number of rotatable bonds is 6. The van der Waals surface area contributed by atoms with Gasteiger partial charge in [0.15, 0.2) is 0 Å². The van der Waals surface area contributed by atoms with Crippen molar-refractivity contribution in [1.29, 1.82) is 0 Å². The van der Waals surface area contributed by atoms with E-state index in [9.17, 15) is 4.79 Å². The van der Waals surface area contributed by atoms with Gasteiger partial charge in [-0.05, 0) is 54.4 Å². The minimum Gasteiger partial charge on any atom is -0.495 e. The van der Waals surface area contributed by atoms with Crippen molar-refractivity contribution in [1.82, 2.24) is 14.5 Å². The third-order valence-electron chi connectivity index (χ3n) is 4.79. The highest BCUT2D eigenvalue weighted by Gasteiger charge is 2.10. The number of benzene rings is 2. The number of carbonyl (C=O) groups excluding carboxylic acids is 1. The average Bonchev–Trinajstić information content (AvgIpc) is 3.23. The zero-order valence-corrected chi connectivity index (χ0v) is 17.4. The fraction of sp³-hybridized carbons (Fsp3) is 0.125. The molecular weight excluding hydrogens is 390 g/mol. The smallest absolute Gasteiger partial charge is 0.323 e. The summed E-state index contributed by atoms with van der Waals surface area (Å²) >= 11 is 0. The molecule has 0 aliphatic carbocycles. The number of pyridine rings is 1. The molecule has 0 aliphatic rings. The Labute approximate surface area is 180 Å². The largest absolute Gasteiger partial charge is 0.495 e. The first-order chi connectivity index (χ1) is 15.1. The Bertz CT molecular complexity index is 1190. The van der Waals surface area contributed by atoms with Crippen LogP contribution in [-0.2, 0) is 6.54 Å². The summed E-state index contributed by atoms with van der Waals surface area (Å²) in [7, 11) is 1.58. The number of anilines is 2. The van der Waals surface area contributed by atoms with Crippen molar-refractivity contribution in [3.8, 4) is 17.1 Å². The van der Waals surface area contributed by atoms with Crippen LogP contribution in [0.5, 0.6) is 5.75 Å². The molecule has 31 heavy (non-hydrogen) atoms. The van der Waals surface area contributed by atoms with Crippen LogP contribution in [0, 0.1) is 6.92 Å². The Morgan fingerprint density at radius 2 is 1.87 bits per heavy atom. The van der Waals surface area contributed by atoms with Crippen molar-refractivity contribution in [2.24, 2.45) is 0 Å². The zero-order chi connectivity index (χ0) is 21.6. The summed E-state index contributed by atoms with van der Waals surface area (Å²) < 4.78 is 7.38. The lowest BCUT2D eigenvalue weighted by Crippen LogP contribution is -2.20. The van der Waals surface area contributed by atoms with Gasteiger partial charge in [-0.3, -0.25) is 4.98 Å². The molecule has 2 aromatic heterocycles. The van der Waals surface area contributed by atoms with E-state index in [1.54, 1.807) is 25.7 Å². The van der Waals surface area contributed by atoms with Gasteiger partial charge in [-0.2, -0.15) is 0 Å². The Morgan fingerprint density at radius 1 is 1.03 bits per heavy atom. The van der Waals surface area contributed by atoms with E-state index < -0.39 is 0 Å². The second-order valence-corrected chi connectivity index (χ2v) is 7.10. The monoisotopic (exact) mass is 413 g/mol. The summed E-state index contributed by atoms with van der Waals surface area (Å²) in [6, 6.07) is 16.9. The van der Waals surface area contributed by atoms with Crippen molar-refractivity contribution in [3.05, 3.63) is 90.5 Å². The number of urea groups is 1. The molecule has 0 saturated carbocycles. The van der Waals surface area contributed by atoms with Gasteiger partial charge in [0.1, 0.15) is 11.6 Å². The number of imidazole rings is 1. The molecule has 0 unspecified atom stereocenters. The van der Waals surface area contributed by atoms with Crippen LogP contribution in [0.15, 0.2) is 79.4 Å². The van der Waals surface area contributed by atoms with Crippen molar-refractivity contribution in [2.45, 2.75) is 13.5 Å². The van der Waals surface area contributed by atoms with Crippen LogP contribution in [0.3, 0.4) is 0 Å². The Hall–Kier alpha value is -4.13. The number of carbonyl (C=O) groups is 1. The third kappa shape index (κ3) is 4.90. The molecule has 2 heterocycles. The van der Waals surface area contributed by atoms with Crippen molar-refractivity contribution >= 4 is 17.4 Å². The molecule has 0 fully saturated rings. The lowest BCUT2D eigenvalue weighted by molar-refractivity contribution is 0.262. The number of amides is 2. The normalized spacial score (nSPS) is 10.5. The van der Waals surface area contributed by atoms with Crippen molar-refractivity contribution in [3.63, 3.8) is 0 Å². The third-order valence-corrected chi connectivity index (χ3v) is 4.79. The van der Waals surface area contributed by atoms with Crippen LogP contribution in [0.4, 0.5) is 16.2 Å². The number of aromatic nitrogens is 3. The van der Waals surface area contributed by atoms with Gasteiger partial charge >= 0.3 is 6.03 Å². The lowest BCUT2D eigenvalue weighted by atomic mass is 10.2. The SMILES string of the molecule is COc1ccc(C)cc1NC(=O)Nc1cccc(Cn2ccnc2-c2ccncc2)c1. The van der Waals surface area contributed by atoms with Crippen LogP contribution in [-0.4, -0.2) is 27.7 Å². The second kappa shape index (κ2) is 9.13. The van der Waals surface area contributed by atoms with Crippen LogP contribution < -0.4 is 15.4 Å². The number of hydrogen-bond acceptors (Lipinski definition) is 4. The maximum absolute atomic E-state index is 12.5. The first-order valence-electron chi connectivity index (χ1n) is 9.85. The van der Waals surface area contributed by atoms with E-state index in [2.05, 4.69) is 25.2 Å². The average molecular weight is 413 g/mol. The van der Waals surface area contributed by atoms with Gasteiger partial charge in [-0.25, -0.2) is 9.78 Å². The minimum atomic E-state index is -0.332. The van der Waals surface area contributed by atoms with Gasteiger partial charge in [0.2, 0.25) is 0 Å². The molecule has 0 saturated heterocycles. The zero-order valence-electron chi connectivity index (χ0n) is 17.4. The molecule has 4 rings (SSSR count). The van der Waals surface area contributed by atoms with Gasteiger partial charge in [-0.1, -0.05) is 18.2 Å². The molecule has 7 nitrogen and oxygen atoms in total. The molecule has 2 N–H and O–H groups in total. The van der Waals surface area contributed by atoms with E-state index in [1.165, 1.54) is 0 Å². The molecule has 156 valence electrons. The molecular formula is C24H23N5O2. The molecule has 0 radical (unpaired) electrons. The maximum Gasteiger partial charge on any atom is 0.323 e. The highest BCUT2D eigenvalue weighted by atomic mass is 16.5. The van der Waals surface area contributed by atoms with E-state index in [-0.39, 0.29) is 6.03 Å². The van der Waals surface area contributed by atoms with Crippen LogP contribution >= 0.6 is 0 Å². The summed E-state index contributed by atoms with van der Waals surface area (Å²) in [5.41, 5.74) is 4.40. The van der Waals surface area contributed by atoms with E-state index in [0.29, 0.717) is 23.7 Å². The number of nitrogens with zero attached hydrogens (tertiary/aromatic N) is 3. The molecule has 4 aromatic rings. The quantitative estimate of drug-likeness (QED) is 0.468. The second-order valence-electron chi connectivity index (χ2n) is 7.10. The predicted molar refractivity (Wildman–Crippen MR) is 121 cm³/mol. The Balaban J connectivity index is 1.47.